The largest absolute Gasteiger partial charge is 0.458 e. The first-order chi connectivity index (χ1) is 5.61. The first kappa shape index (κ1) is 11.0. The fourth-order valence-electron chi connectivity index (χ4n) is 0.494. The molecule has 0 heterocycles. The third-order valence-electron chi connectivity index (χ3n) is 1.68. The van der Waals surface area contributed by atoms with Gasteiger partial charge in [-0.15, -0.1) is 0 Å². The van der Waals surface area contributed by atoms with Crippen LogP contribution in [-0.2, 0) is 9.53 Å². The predicted octanol–water partition coefficient (Wildman–Crippen LogP) is 2.46. The minimum atomic E-state index is -0.237. The molecular formula is C10H16O2. The topological polar surface area (TPSA) is 26.3 Å². The molecule has 0 atom stereocenters. The number of allylic oxidation sites excluding steroid dienone is 2. The average molecular weight is 168 g/mol. The van der Waals surface area contributed by atoms with Crippen molar-refractivity contribution in [3.8, 4) is 0 Å². The Bertz CT molecular complexity index is 212. The molecule has 68 valence electrons. The van der Waals surface area contributed by atoms with Crippen LogP contribution in [0.3, 0.4) is 0 Å². The number of carbonyl (C=O) groups is 1. The van der Waals surface area contributed by atoms with Gasteiger partial charge in [0.25, 0.3) is 0 Å². The van der Waals surface area contributed by atoms with Crippen LogP contribution in [0.5, 0.6) is 0 Å². The van der Waals surface area contributed by atoms with Crippen LogP contribution in [0.4, 0.5) is 0 Å². The van der Waals surface area contributed by atoms with Crippen molar-refractivity contribution in [2.45, 2.75) is 27.7 Å². The first-order valence-corrected chi connectivity index (χ1v) is 4.03. The Morgan fingerprint density at radius 2 is 1.83 bits per heavy atom. The second-order valence-electron chi connectivity index (χ2n) is 2.68. The molecule has 0 unspecified atom stereocenters. The Balaban J connectivity index is 3.88. The van der Waals surface area contributed by atoms with Gasteiger partial charge in [0.2, 0.25) is 0 Å². The molecule has 0 aliphatic rings. The molecule has 0 saturated carbocycles. The van der Waals surface area contributed by atoms with E-state index in [1.807, 2.05) is 26.8 Å². The molecule has 0 rings (SSSR count). The van der Waals surface area contributed by atoms with Crippen molar-refractivity contribution < 1.29 is 9.53 Å². The van der Waals surface area contributed by atoms with Crippen LogP contribution in [0, 0.1) is 0 Å². The maximum absolute atomic E-state index is 11.1. The van der Waals surface area contributed by atoms with Crippen LogP contribution in [0.1, 0.15) is 27.7 Å². The van der Waals surface area contributed by atoms with Gasteiger partial charge in [0.15, 0.2) is 0 Å². The fraction of sp³-hybridized carbons (Fsp3) is 0.500. The second-order valence-corrected chi connectivity index (χ2v) is 2.68. The SMILES string of the molecule is CC=C(C)COC(=O)/C(C)=C/C. The summed E-state index contributed by atoms with van der Waals surface area (Å²) in [7, 11) is 0. The molecule has 0 N–H and O–H groups in total. The van der Waals surface area contributed by atoms with E-state index in [4.69, 9.17) is 4.74 Å². The highest BCUT2D eigenvalue weighted by molar-refractivity contribution is 5.87. The quantitative estimate of drug-likeness (QED) is 0.367. The van der Waals surface area contributed by atoms with Gasteiger partial charge >= 0.3 is 5.97 Å². The van der Waals surface area contributed by atoms with Gasteiger partial charge in [0.1, 0.15) is 6.61 Å². The summed E-state index contributed by atoms with van der Waals surface area (Å²) in [6, 6.07) is 0. The van der Waals surface area contributed by atoms with E-state index in [1.165, 1.54) is 0 Å². The molecule has 0 aliphatic carbocycles. The minimum Gasteiger partial charge on any atom is -0.458 e. The molecule has 0 bridgehead atoms. The lowest BCUT2D eigenvalue weighted by molar-refractivity contribution is -0.138. The first-order valence-electron chi connectivity index (χ1n) is 4.03. The lowest BCUT2D eigenvalue weighted by atomic mass is 10.3. The summed E-state index contributed by atoms with van der Waals surface area (Å²) in [6.07, 6.45) is 3.67. The molecule has 0 aromatic carbocycles. The number of hydrogen-bond donors (Lipinski definition) is 0. The maximum atomic E-state index is 11.1. The Morgan fingerprint density at radius 3 is 2.25 bits per heavy atom. The molecule has 0 amide bonds. The normalized spacial score (nSPS) is 13.0. The van der Waals surface area contributed by atoms with E-state index in [0.717, 1.165) is 5.57 Å². The smallest absolute Gasteiger partial charge is 0.333 e. The summed E-state index contributed by atoms with van der Waals surface area (Å²) in [6.45, 7) is 7.80. The number of carbonyl (C=O) groups excluding carboxylic acids is 1. The lowest BCUT2D eigenvalue weighted by Crippen LogP contribution is -2.07. The Kier molecular flexibility index (Phi) is 5.09. The van der Waals surface area contributed by atoms with Crippen LogP contribution in [0.15, 0.2) is 23.3 Å². The molecular weight excluding hydrogens is 152 g/mol. The van der Waals surface area contributed by atoms with Crippen LogP contribution in [0.2, 0.25) is 0 Å². The third kappa shape index (κ3) is 3.96. The van der Waals surface area contributed by atoms with Gasteiger partial charge < -0.3 is 4.74 Å². The highest BCUT2D eigenvalue weighted by Crippen LogP contribution is 1.99. The minimum absolute atomic E-state index is 0.237. The standard InChI is InChI=1S/C10H16O2/c1-5-8(3)7-12-10(11)9(4)6-2/h5-6H,7H2,1-4H3/b8-5?,9-6+. The van der Waals surface area contributed by atoms with Gasteiger partial charge in [-0.2, -0.15) is 0 Å². The summed E-state index contributed by atoms with van der Waals surface area (Å²) in [5.74, 6) is -0.237. The van der Waals surface area contributed by atoms with E-state index in [1.54, 1.807) is 13.0 Å². The summed E-state index contributed by atoms with van der Waals surface area (Å²) in [5.41, 5.74) is 1.71. The van der Waals surface area contributed by atoms with Gasteiger partial charge in [-0.25, -0.2) is 4.79 Å². The second kappa shape index (κ2) is 5.58. The van der Waals surface area contributed by atoms with Crippen LogP contribution in [-0.4, -0.2) is 12.6 Å². The van der Waals surface area contributed by atoms with E-state index < -0.39 is 0 Å². The number of hydrogen-bond acceptors (Lipinski definition) is 2. The number of ether oxygens (including phenoxy) is 1. The van der Waals surface area contributed by atoms with E-state index in [0.29, 0.717) is 12.2 Å². The zero-order chi connectivity index (χ0) is 9.56. The number of rotatable bonds is 3. The van der Waals surface area contributed by atoms with Gasteiger partial charge in [0, 0.05) is 5.57 Å². The highest BCUT2D eigenvalue weighted by Gasteiger charge is 2.03. The molecule has 0 radical (unpaired) electrons. The van der Waals surface area contributed by atoms with Crippen molar-refractivity contribution in [2.24, 2.45) is 0 Å². The van der Waals surface area contributed by atoms with Crippen molar-refractivity contribution in [1.82, 2.24) is 0 Å². The third-order valence-corrected chi connectivity index (χ3v) is 1.68. The highest BCUT2D eigenvalue weighted by atomic mass is 16.5. The van der Waals surface area contributed by atoms with E-state index >= 15 is 0 Å². The van der Waals surface area contributed by atoms with Gasteiger partial charge in [0.05, 0.1) is 0 Å². The lowest BCUT2D eigenvalue weighted by Gasteiger charge is -2.03. The molecule has 0 aromatic heterocycles. The van der Waals surface area contributed by atoms with E-state index in [9.17, 15) is 4.79 Å². The molecule has 0 saturated heterocycles. The van der Waals surface area contributed by atoms with Gasteiger partial charge in [-0.05, 0) is 33.3 Å². The summed E-state index contributed by atoms with van der Waals surface area (Å²) < 4.78 is 4.97. The molecule has 2 heteroatoms. The monoisotopic (exact) mass is 168 g/mol. The molecule has 0 aromatic rings. The van der Waals surface area contributed by atoms with Crippen LogP contribution < -0.4 is 0 Å². The van der Waals surface area contributed by atoms with Gasteiger partial charge in [-0.3, -0.25) is 0 Å². The average Bonchev–Trinajstić information content (AvgIpc) is 2.11. The van der Waals surface area contributed by atoms with E-state index in [2.05, 4.69) is 0 Å². The van der Waals surface area contributed by atoms with Crippen LogP contribution >= 0.6 is 0 Å². The Labute approximate surface area is 73.9 Å². The van der Waals surface area contributed by atoms with Crippen molar-refractivity contribution >= 4 is 5.97 Å². The van der Waals surface area contributed by atoms with Crippen molar-refractivity contribution in [1.29, 1.82) is 0 Å². The molecule has 0 spiro atoms. The van der Waals surface area contributed by atoms with Crippen molar-refractivity contribution in [3.63, 3.8) is 0 Å². The molecule has 12 heavy (non-hydrogen) atoms. The van der Waals surface area contributed by atoms with Crippen molar-refractivity contribution in [3.05, 3.63) is 23.3 Å². The predicted molar refractivity (Wildman–Crippen MR) is 49.8 cm³/mol. The van der Waals surface area contributed by atoms with Gasteiger partial charge in [-0.1, -0.05) is 12.2 Å². The van der Waals surface area contributed by atoms with Crippen LogP contribution in [0.25, 0.3) is 0 Å². The maximum Gasteiger partial charge on any atom is 0.333 e. The van der Waals surface area contributed by atoms with E-state index in [-0.39, 0.29) is 5.97 Å². The number of esters is 1. The zero-order valence-electron chi connectivity index (χ0n) is 8.18. The molecule has 0 fully saturated rings. The summed E-state index contributed by atoms with van der Waals surface area (Å²) >= 11 is 0. The Hall–Kier alpha value is -1.05. The fourth-order valence-corrected chi connectivity index (χ4v) is 0.494. The zero-order valence-corrected chi connectivity index (χ0v) is 8.18. The molecule has 2 nitrogen and oxygen atoms in total. The summed E-state index contributed by atoms with van der Waals surface area (Å²) in [4.78, 5) is 11.1. The van der Waals surface area contributed by atoms with Crippen molar-refractivity contribution in [2.75, 3.05) is 6.61 Å². The summed E-state index contributed by atoms with van der Waals surface area (Å²) in [5, 5.41) is 0. The molecule has 0 aliphatic heterocycles. The Morgan fingerprint density at radius 1 is 1.25 bits per heavy atom.